The van der Waals surface area contributed by atoms with Crippen LogP contribution in [-0.4, -0.2) is 0 Å². The Hall–Kier alpha value is 0. The second-order valence-electron chi connectivity index (χ2n) is 8.92. The molecule has 0 saturated heterocycles. The van der Waals surface area contributed by atoms with Crippen LogP contribution in [0.3, 0.4) is 0 Å². The molecule has 0 rings (SSSR count). The number of rotatable bonds is 23. The summed E-state index contributed by atoms with van der Waals surface area (Å²) in [5, 5.41) is 0. The normalized spacial score (nSPS) is 12.6. The average Bonchev–Trinajstić information content (AvgIpc) is 2.69. The molecular formula is C27H54. The average molecular weight is 379 g/mol. The van der Waals surface area contributed by atoms with E-state index in [4.69, 9.17) is 0 Å². The minimum absolute atomic E-state index is 0.977. The van der Waals surface area contributed by atoms with Gasteiger partial charge in [0.1, 0.15) is 0 Å². The SMILES string of the molecule is [CH2]CCCCCCCCCCCCCCCCCCCC(CC)CCC[CH2]. The Balaban J connectivity index is 3.10. The maximum absolute atomic E-state index is 3.97. The molecule has 0 heterocycles. The van der Waals surface area contributed by atoms with E-state index in [-0.39, 0.29) is 0 Å². The number of unbranched alkanes of at least 4 members (excludes halogenated alkanes) is 18. The van der Waals surface area contributed by atoms with Crippen LogP contribution in [0.15, 0.2) is 0 Å². The van der Waals surface area contributed by atoms with Crippen molar-refractivity contribution in [1.82, 2.24) is 0 Å². The quantitative estimate of drug-likeness (QED) is 0.155. The Morgan fingerprint density at radius 1 is 0.407 bits per heavy atom. The first-order chi connectivity index (χ1) is 13.3. The third-order valence-corrected chi connectivity index (χ3v) is 6.30. The van der Waals surface area contributed by atoms with Crippen LogP contribution in [0.4, 0.5) is 0 Å². The summed E-state index contributed by atoms with van der Waals surface area (Å²) >= 11 is 0. The molecule has 0 nitrogen and oxygen atoms in total. The van der Waals surface area contributed by atoms with Crippen molar-refractivity contribution in [3.05, 3.63) is 13.8 Å². The van der Waals surface area contributed by atoms with E-state index in [1.165, 1.54) is 135 Å². The van der Waals surface area contributed by atoms with Crippen molar-refractivity contribution >= 4 is 0 Å². The predicted octanol–water partition coefficient (Wildman–Crippen LogP) is 10.3. The Morgan fingerprint density at radius 2 is 0.704 bits per heavy atom. The highest BCUT2D eigenvalue weighted by Gasteiger charge is 2.05. The highest BCUT2D eigenvalue weighted by Crippen LogP contribution is 2.20. The molecule has 27 heavy (non-hydrogen) atoms. The first-order valence-electron chi connectivity index (χ1n) is 12.9. The lowest BCUT2D eigenvalue weighted by Crippen LogP contribution is -1.98. The topological polar surface area (TPSA) is 0 Å². The summed E-state index contributed by atoms with van der Waals surface area (Å²) in [6.07, 6.45) is 32.6. The zero-order valence-electron chi connectivity index (χ0n) is 19.3. The van der Waals surface area contributed by atoms with Crippen LogP contribution in [-0.2, 0) is 0 Å². The first-order valence-corrected chi connectivity index (χ1v) is 12.9. The fourth-order valence-corrected chi connectivity index (χ4v) is 4.25. The van der Waals surface area contributed by atoms with E-state index in [0.29, 0.717) is 0 Å². The Morgan fingerprint density at radius 3 is 1.04 bits per heavy atom. The van der Waals surface area contributed by atoms with Gasteiger partial charge in [-0.1, -0.05) is 168 Å². The smallest absolute Gasteiger partial charge is 0.0417 e. The largest absolute Gasteiger partial charge is 0.0651 e. The molecule has 162 valence electrons. The molecule has 1 unspecified atom stereocenters. The molecule has 0 heteroatoms. The molecule has 1 atom stereocenters. The van der Waals surface area contributed by atoms with Gasteiger partial charge in [0.2, 0.25) is 0 Å². The van der Waals surface area contributed by atoms with Crippen molar-refractivity contribution in [2.75, 3.05) is 0 Å². The first kappa shape index (κ1) is 27.0. The van der Waals surface area contributed by atoms with Crippen molar-refractivity contribution in [3.63, 3.8) is 0 Å². The molecule has 0 aromatic heterocycles. The lowest BCUT2D eigenvalue weighted by Gasteiger charge is -2.13. The van der Waals surface area contributed by atoms with E-state index in [2.05, 4.69) is 20.8 Å². The molecule has 0 aliphatic rings. The number of hydrogen-bond acceptors (Lipinski definition) is 0. The molecule has 0 bridgehead atoms. The Labute approximate surface area is 174 Å². The van der Waals surface area contributed by atoms with Gasteiger partial charge in [0, 0.05) is 0 Å². The Kier molecular flexibility index (Phi) is 24.0. The molecule has 2 radical (unpaired) electrons. The van der Waals surface area contributed by atoms with Crippen LogP contribution in [0.1, 0.15) is 155 Å². The van der Waals surface area contributed by atoms with Crippen molar-refractivity contribution in [2.24, 2.45) is 5.92 Å². The fourth-order valence-electron chi connectivity index (χ4n) is 4.25. The molecule has 0 amide bonds. The van der Waals surface area contributed by atoms with Crippen molar-refractivity contribution < 1.29 is 0 Å². The van der Waals surface area contributed by atoms with E-state index in [1.54, 1.807) is 0 Å². The highest BCUT2D eigenvalue weighted by molar-refractivity contribution is 4.59. The minimum atomic E-state index is 0.977. The summed E-state index contributed by atoms with van der Waals surface area (Å²) in [7, 11) is 0. The van der Waals surface area contributed by atoms with E-state index in [9.17, 15) is 0 Å². The zero-order chi connectivity index (χ0) is 19.8. The molecule has 0 aromatic rings. The van der Waals surface area contributed by atoms with Gasteiger partial charge in [0.25, 0.3) is 0 Å². The monoisotopic (exact) mass is 378 g/mol. The van der Waals surface area contributed by atoms with Crippen LogP contribution in [0.25, 0.3) is 0 Å². The van der Waals surface area contributed by atoms with E-state index in [0.717, 1.165) is 18.8 Å². The molecule has 0 aromatic carbocycles. The van der Waals surface area contributed by atoms with E-state index >= 15 is 0 Å². The van der Waals surface area contributed by atoms with Crippen LogP contribution < -0.4 is 0 Å². The van der Waals surface area contributed by atoms with Crippen LogP contribution in [0, 0.1) is 19.8 Å². The summed E-state index contributed by atoms with van der Waals surface area (Å²) < 4.78 is 0. The maximum Gasteiger partial charge on any atom is -0.0417 e. The van der Waals surface area contributed by atoms with E-state index in [1.807, 2.05) is 0 Å². The van der Waals surface area contributed by atoms with Crippen LogP contribution in [0.2, 0.25) is 0 Å². The zero-order valence-corrected chi connectivity index (χ0v) is 19.3. The van der Waals surface area contributed by atoms with Gasteiger partial charge in [-0.3, -0.25) is 0 Å². The molecule has 0 fully saturated rings. The molecule has 0 aliphatic carbocycles. The lowest BCUT2D eigenvalue weighted by molar-refractivity contribution is 0.402. The summed E-state index contributed by atoms with van der Waals surface area (Å²) in [4.78, 5) is 0. The van der Waals surface area contributed by atoms with Gasteiger partial charge in [0.15, 0.2) is 0 Å². The maximum atomic E-state index is 3.97. The van der Waals surface area contributed by atoms with Gasteiger partial charge >= 0.3 is 0 Å². The van der Waals surface area contributed by atoms with Gasteiger partial charge in [0.05, 0.1) is 0 Å². The van der Waals surface area contributed by atoms with Crippen LogP contribution >= 0.6 is 0 Å². The molecule has 0 N–H and O–H groups in total. The summed E-state index contributed by atoms with van der Waals surface area (Å²) in [5.41, 5.74) is 0. The van der Waals surface area contributed by atoms with Crippen molar-refractivity contribution in [2.45, 2.75) is 155 Å². The molecule has 0 saturated carbocycles. The van der Waals surface area contributed by atoms with Gasteiger partial charge in [-0.25, -0.2) is 0 Å². The molecule has 0 aliphatic heterocycles. The van der Waals surface area contributed by atoms with Crippen molar-refractivity contribution in [3.8, 4) is 0 Å². The highest BCUT2D eigenvalue weighted by atomic mass is 14.1. The van der Waals surface area contributed by atoms with Gasteiger partial charge in [-0.2, -0.15) is 0 Å². The van der Waals surface area contributed by atoms with Crippen molar-refractivity contribution in [1.29, 1.82) is 0 Å². The van der Waals surface area contributed by atoms with Gasteiger partial charge in [-0.05, 0) is 5.92 Å². The third kappa shape index (κ3) is 22.2. The van der Waals surface area contributed by atoms with E-state index < -0.39 is 0 Å². The molecular weight excluding hydrogens is 324 g/mol. The number of hydrogen-bond donors (Lipinski definition) is 0. The predicted molar refractivity (Wildman–Crippen MR) is 126 cm³/mol. The second-order valence-corrected chi connectivity index (χ2v) is 8.92. The second kappa shape index (κ2) is 24.0. The summed E-state index contributed by atoms with van der Waals surface area (Å²) in [5.74, 6) is 0.977. The summed E-state index contributed by atoms with van der Waals surface area (Å²) in [6.45, 7) is 10.2. The van der Waals surface area contributed by atoms with Crippen LogP contribution in [0.5, 0.6) is 0 Å². The summed E-state index contributed by atoms with van der Waals surface area (Å²) in [6, 6.07) is 0. The van der Waals surface area contributed by atoms with Gasteiger partial charge < -0.3 is 0 Å². The fraction of sp³-hybridized carbons (Fsp3) is 0.926. The standard InChI is InChI=1S/C27H54/c1-4-7-9-10-11-12-13-14-15-16-17-18-19-20-21-22-23-24-26-27(6-3)25-8-5-2/h27H,1-2,4-26H2,3H3. The van der Waals surface area contributed by atoms with Gasteiger partial charge in [-0.15, -0.1) is 0 Å². The Bertz CT molecular complexity index is 244. The molecule has 0 spiro atoms. The third-order valence-electron chi connectivity index (χ3n) is 6.30. The minimum Gasteiger partial charge on any atom is -0.0651 e. The lowest BCUT2D eigenvalue weighted by atomic mass is 9.93.